The van der Waals surface area contributed by atoms with Crippen LogP contribution in [0.1, 0.15) is 29.7 Å². The molecule has 3 aromatic rings. The second-order valence-corrected chi connectivity index (χ2v) is 6.42. The summed E-state index contributed by atoms with van der Waals surface area (Å²) in [5.74, 6) is 1.60. The number of aromatic nitrogens is 3. The number of rotatable bonds is 2. The lowest BCUT2D eigenvalue weighted by Gasteiger charge is -2.10. The van der Waals surface area contributed by atoms with E-state index < -0.39 is 0 Å². The number of hydrogen-bond donors (Lipinski definition) is 2. The average Bonchev–Trinajstić information content (AvgIpc) is 3.15. The number of fused-ring (bicyclic) bond motifs is 3. The molecule has 0 spiro atoms. The van der Waals surface area contributed by atoms with E-state index in [0.717, 1.165) is 46.0 Å². The van der Waals surface area contributed by atoms with Gasteiger partial charge in [-0.1, -0.05) is 0 Å². The van der Waals surface area contributed by atoms with Gasteiger partial charge in [0.25, 0.3) is 5.95 Å². The van der Waals surface area contributed by atoms with E-state index in [-0.39, 0.29) is 5.75 Å². The van der Waals surface area contributed by atoms with Crippen LogP contribution in [0.3, 0.4) is 0 Å². The quantitative estimate of drug-likeness (QED) is 0.502. The molecule has 112 valence electrons. The van der Waals surface area contributed by atoms with Crippen LogP contribution >= 0.6 is 22.6 Å². The van der Waals surface area contributed by atoms with Crippen LogP contribution in [-0.2, 0) is 12.8 Å². The number of phenolic OH excluding ortho intramolecular Hbond substituents is 1. The topological polar surface area (TPSA) is 87.3 Å². The molecule has 0 amide bonds. The van der Waals surface area contributed by atoms with E-state index in [0.29, 0.717) is 11.5 Å². The van der Waals surface area contributed by atoms with Gasteiger partial charge in [-0.25, -0.2) is 4.99 Å². The van der Waals surface area contributed by atoms with Crippen molar-refractivity contribution < 1.29 is 9.52 Å². The van der Waals surface area contributed by atoms with E-state index in [1.807, 2.05) is 6.07 Å². The Morgan fingerprint density at radius 3 is 3.05 bits per heavy atom. The van der Waals surface area contributed by atoms with Gasteiger partial charge >= 0.3 is 0 Å². The van der Waals surface area contributed by atoms with Crippen molar-refractivity contribution in [2.45, 2.75) is 25.7 Å². The molecular formula is C15H13IN4O2. The number of phenols is 1. The Balaban J connectivity index is 1.94. The maximum absolute atomic E-state index is 10.5. The maximum Gasteiger partial charge on any atom is 0.267 e. The minimum Gasteiger partial charge on any atom is -0.506 e. The monoisotopic (exact) mass is 408 g/mol. The molecule has 0 bridgehead atoms. The van der Waals surface area contributed by atoms with Gasteiger partial charge in [0.05, 0.1) is 3.57 Å². The third-order valence-corrected chi connectivity index (χ3v) is 4.74. The van der Waals surface area contributed by atoms with Crippen molar-refractivity contribution in [1.29, 1.82) is 0 Å². The number of aliphatic imine (C=N–C) groups is 1. The second-order valence-electron chi connectivity index (χ2n) is 5.26. The normalized spacial score (nSPS) is 14.8. The van der Waals surface area contributed by atoms with Crippen molar-refractivity contribution in [2.75, 3.05) is 0 Å². The molecule has 7 heteroatoms. The van der Waals surface area contributed by atoms with Crippen LogP contribution in [0.4, 0.5) is 5.95 Å². The first kappa shape index (κ1) is 13.7. The Morgan fingerprint density at radius 1 is 1.36 bits per heavy atom. The van der Waals surface area contributed by atoms with Crippen LogP contribution < -0.4 is 0 Å². The smallest absolute Gasteiger partial charge is 0.267 e. The summed E-state index contributed by atoms with van der Waals surface area (Å²) < 4.78 is 6.73. The molecule has 1 aliphatic rings. The molecule has 22 heavy (non-hydrogen) atoms. The van der Waals surface area contributed by atoms with Crippen molar-refractivity contribution in [3.8, 4) is 5.75 Å². The molecule has 2 heterocycles. The summed E-state index contributed by atoms with van der Waals surface area (Å²) in [5, 5.41) is 17.9. The molecule has 1 aliphatic carbocycles. The van der Waals surface area contributed by atoms with Gasteiger partial charge in [-0.15, -0.1) is 5.10 Å². The van der Waals surface area contributed by atoms with Crippen molar-refractivity contribution in [3.63, 3.8) is 0 Å². The van der Waals surface area contributed by atoms with E-state index in [2.05, 4.69) is 42.8 Å². The Bertz CT molecular complexity index is 868. The lowest BCUT2D eigenvalue weighted by Crippen LogP contribution is -2.00. The Labute approximate surface area is 139 Å². The lowest BCUT2D eigenvalue weighted by atomic mass is 9.94. The molecule has 2 aromatic heterocycles. The highest BCUT2D eigenvalue weighted by atomic mass is 127. The first-order valence-electron chi connectivity index (χ1n) is 7.09. The largest absolute Gasteiger partial charge is 0.506 e. The van der Waals surface area contributed by atoms with E-state index in [1.165, 1.54) is 11.9 Å². The number of benzene rings is 1. The summed E-state index contributed by atoms with van der Waals surface area (Å²) in [6.07, 6.45) is 7.31. The zero-order valence-corrected chi connectivity index (χ0v) is 13.8. The zero-order chi connectivity index (χ0) is 15.1. The fraction of sp³-hybridized carbons (Fsp3) is 0.267. The van der Waals surface area contributed by atoms with Crippen LogP contribution in [-0.4, -0.2) is 26.5 Å². The highest BCUT2D eigenvalue weighted by Gasteiger charge is 2.22. The molecule has 0 saturated heterocycles. The molecule has 0 unspecified atom stereocenters. The predicted octanol–water partition coefficient (Wildman–Crippen LogP) is 3.49. The maximum atomic E-state index is 10.5. The number of nitrogens with one attached hydrogen (secondary N) is 1. The average molecular weight is 408 g/mol. The number of aryl methyl sites for hydroxylation is 2. The van der Waals surface area contributed by atoms with Crippen LogP contribution in [0, 0.1) is 3.57 Å². The van der Waals surface area contributed by atoms with Gasteiger partial charge in [0, 0.05) is 29.1 Å². The number of halogens is 1. The minimum atomic E-state index is 0.224. The van der Waals surface area contributed by atoms with Crippen LogP contribution in [0.2, 0.25) is 0 Å². The standard InChI is InChI=1S/C15H13IN4O2/c16-10-5-12-13(8-3-1-2-4-11(8)22-12)9(14(10)21)6-17-15-18-7-19-20-15/h5-7,21H,1-4H2,(H,18,19,20). The molecule has 0 atom stereocenters. The molecule has 2 N–H and O–H groups in total. The van der Waals surface area contributed by atoms with Crippen molar-refractivity contribution in [1.82, 2.24) is 15.2 Å². The number of aromatic amines is 1. The molecule has 0 saturated carbocycles. The summed E-state index contributed by atoms with van der Waals surface area (Å²) in [7, 11) is 0. The van der Waals surface area contributed by atoms with Gasteiger partial charge in [-0.05, 0) is 47.9 Å². The molecular weight excluding hydrogens is 395 g/mol. The van der Waals surface area contributed by atoms with Crippen molar-refractivity contribution in [2.24, 2.45) is 4.99 Å². The fourth-order valence-electron chi connectivity index (χ4n) is 2.93. The van der Waals surface area contributed by atoms with Crippen LogP contribution in [0.25, 0.3) is 11.0 Å². The van der Waals surface area contributed by atoms with Crippen LogP contribution in [0.15, 0.2) is 21.8 Å². The lowest BCUT2D eigenvalue weighted by molar-refractivity contribution is 0.471. The SMILES string of the molecule is Oc1c(I)cc2oc3c(c2c1C=Nc1nc[nH]n1)CCCC3. The number of nitrogens with zero attached hydrogens (tertiary/aromatic N) is 3. The van der Waals surface area contributed by atoms with E-state index in [9.17, 15) is 5.11 Å². The van der Waals surface area contributed by atoms with Crippen LogP contribution in [0.5, 0.6) is 5.75 Å². The summed E-state index contributed by atoms with van der Waals surface area (Å²) in [4.78, 5) is 8.20. The molecule has 0 aliphatic heterocycles. The molecule has 0 fully saturated rings. The van der Waals surface area contributed by atoms with E-state index in [4.69, 9.17) is 4.42 Å². The first-order chi connectivity index (χ1) is 10.7. The van der Waals surface area contributed by atoms with Crippen molar-refractivity contribution >= 4 is 45.7 Å². The fourth-order valence-corrected chi connectivity index (χ4v) is 3.50. The van der Waals surface area contributed by atoms with Crippen molar-refractivity contribution in [3.05, 3.63) is 32.9 Å². The summed E-state index contributed by atoms with van der Waals surface area (Å²) in [6, 6.07) is 1.88. The summed E-state index contributed by atoms with van der Waals surface area (Å²) in [5.41, 5.74) is 2.69. The molecule has 6 nitrogen and oxygen atoms in total. The van der Waals surface area contributed by atoms with E-state index >= 15 is 0 Å². The van der Waals surface area contributed by atoms with Gasteiger partial charge in [-0.3, -0.25) is 5.10 Å². The number of hydrogen-bond acceptors (Lipinski definition) is 5. The number of furan rings is 1. The Kier molecular flexibility index (Phi) is 3.36. The molecule has 0 radical (unpaired) electrons. The summed E-state index contributed by atoms with van der Waals surface area (Å²) in [6.45, 7) is 0. The minimum absolute atomic E-state index is 0.224. The van der Waals surface area contributed by atoms with Gasteiger partial charge in [0.2, 0.25) is 0 Å². The summed E-state index contributed by atoms with van der Waals surface area (Å²) >= 11 is 2.10. The number of aromatic hydroxyl groups is 1. The third kappa shape index (κ3) is 2.20. The van der Waals surface area contributed by atoms with Gasteiger partial charge in [0.1, 0.15) is 23.4 Å². The molecule has 1 aromatic carbocycles. The highest BCUT2D eigenvalue weighted by Crippen LogP contribution is 2.39. The van der Waals surface area contributed by atoms with Gasteiger partial charge < -0.3 is 9.52 Å². The Morgan fingerprint density at radius 2 is 2.23 bits per heavy atom. The highest BCUT2D eigenvalue weighted by molar-refractivity contribution is 14.1. The van der Waals surface area contributed by atoms with Gasteiger partial charge in [0.15, 0.2) is 0 Å². The van der Waals surface area contributed by atoms with E-state index in [1.54, 1.807) is 6.21 Å². The number of H-pyrrole nitrogens is 1. The Hall–Kier alpha value is -1.90. The van der Waals surface area contributed by atoms with Gasteiger partial charge in [-0.2, -0.15) is 4.98 Å². The first-order valence-corrected chi connectivity index (χ1v) is 8.17. The zero-order valence-electron chi connectivity index (χ0n) is 11.6. The predicted molar refractivity (Wildman–Crippen MR) is 90.9 cm³/mol. The second kappa shape index (κ2) is 5.38. The third-order valence-electron chi connectivity index (χ3n) is 3.92. The molecule has 4 rings (SSSR count).